The van der Waals surface area contributed by atoms with E-state index in [0.717, 1.165) is 18.0 Å². The second-order valence-electron chi connectivity index (χ2n) is 5.56. The molecule has 5 heteroatoms. The lowest BCUT2D eigenvalue weighted by Crippen LogP contribution is -2.25. The minimum Gasteiger partial charge on any atom is -0.406 e. The lowest BCUT2D eigenvalue weighted by atomic mass is 10.0. The van der Waals surface area contributed by atoms with Gasteiger partial charge in [0.15, 0.2) is 0 Å². The Balaban J connectivity index is 1.84. The van der Waals surface area contributed by atoms with E-state index in [1.165, 1.54) is 25.0 Å². The summed E-state index contributed by atoms with van der Waals surface area (Å²) in [4.78, 5) is 0. The van der Waals surface area contributed by atoms with E-state index in [0.29, 0.717) is 5.92 Å². The number of ether oxygens (including phenoxy) is 1. The van der Waals surface area contributed by atoms with E-state index in [1.54, 1.807) is 12.1 Å². The largest absolute Gasteiger partial charge is 0.573 e. The van der Waals surface area contributed by atoms with E-state index in [1.807, 2.05) is 6.92 Å². The van der Waals surface area contributed by atoms with Crippen LogP contribution in [0.25, 0.3) is 0 Å². The zero-order valence-electron chi connectivity index (χ0n) is 11.7. The lowest BCUT2D eigenvalue weighted by molar-refractivity contribution is -0.274. The normalized spacial score (nSPS) is 18.6. The molecule has 0 saturated heterocycles. The predicted octanol–water partition coefficient (Wildman–Crippen LogP) is 4.28. The van der Waals surface area contributed by atoms with Gasteiger partial charge in [-0.05, 0) is 55.8 Å². The molecule has 2 atom stereocenters. The van der Waals surface area contributed by atoms with Gasteiger partial charge in [-0.1, -0.05) is 19.1 Å². The first-order valence-corrected chi connectivity index (χ1v) is 6.94. The predicted molar refractivity (Wildman–Crippen MR) is 71.4 cm³/mol. The molecule has 0 aromatic heterocycles. The molecule has 1 aliphatic rings. The van der Waals surface area contributed by atoms with Crippen molar-refractivity contribution in [2.75, 3.05) is 6.54 Å². The molecule has 0 bridgehead atoms. The molecule has 2 nitrogen and oxygen atoms in total. The summed E-state index contributed by atoms with van der Waals surface area (Å²) in [5, 5.41) is 3.42. The number of hydrogen-bond acceptors (Lipinski definition) is 2. The van der Waals surface area contributed by atoms with E-state index in [-0.39, 0.29) is 11.8 Å². The first kappa shape index (κ1) is 15.2. The van der Waals surface area contributed by atoms with Crippen LogP contribution in [0, 0.1) is 11.8 Å². The van der Waals surface area contributed by atoms with Crippen molar-refractivity contribution in [3.8, 4) is 5.75 Å². The van der Waals surface area contributed by atoms with Crippen LogP contribution < -0.4 is 10.1 Å². The molecule has 0 amide bonds. The average molecular weight is 287 g/mol. The molecule has 0 radical (unpaired) electrons. The summed E-state index contributed by atoms with van der Waals surface area (Å²) in [6, 6.07) is 6.16. The lowest BCUT2D eigenvalue weighted by Gasteiger charge is -2.18. The number of rotatable bonds is 6. The van der Waals surface area contributed by atoms with E-state index >= 15 is 0 Å². The molecular formula is C15H20F3NO. The molecule has 2 unspecified atom stereocenters. The summed E-state index contributed by atoms with van der Waals surface area (Å²) in [6.45, 7) is 5.18. The molecule has 0 aliphatic heterocycles. The molecule has 1 N–H and O–H groups in total. The van der Waals surface area contributed by atoms with Gasteiger partial charge in [0.1, 0.15) is 5.75 Å². The Morgan fingerprint density at radius 2 is 1.80 bits per heavy atom. The van der Waals surface area contributed by atoms with Gasteiger partial charge in [-0.25, -0.2) is 0 Å². The maximum atomic E-state index is 12.1. The first-order valence-electron chi connectivity index (χ1n) is 6.94. The molecular weight excluding hydrogens is 267 g/mol. The Morgan fingerprint density at radius 3 is 2.30 bits per heavy atom. The maximum Gasteiger partial charge on any atom is 0.573 e. The highest BCUT2D eigenvalue weighted by atomic mass is 19.4. The number of benzene rings is 1. The van der Waals surface area contributed by atoms with E-state index < -0.39 is 6.36 Å². The zero-order valence-corrected chi connectivity index (χ0v) is 11.7. The van der Waals surface area contributed by atoms with Gasteiger partial charge in [0, 0.05) is 6.04 Å². The number of alkyl halides is 3. The van der Waals surface area contributed by atoms with Crippen molar-refractivity contribution >= 4 is 0 Å². The van der Waals surface area contributed by atoms with Crippen LogP contribution in [0.15, 0.2) is 24.3 Å². The SMILES string of the molecule is CC(NCC(C)C1CC1)c1ccc(OC(F)(F)F)cc1. The monoisotopic (exact) mass is 287 g/mol. The van der Waals surface area contributed by atoms with E-state index in [4.69, 9.17) is 0 Å². The topological polar surface area (TPSA) is 21.3 Å². The molecule has 1 fully saturated rings. The second kappa shape index (κ2) is 6.04. The van der Waals surface area contributed by atoms with Crippen molar-refractivity contribution in [1.29, 1.82) is 0 Å². The van der Waals surface area contributed by atoms with E-state index in [9.17, 15) is 13.2 Å². The summed E-state index contributed by atoms with van der Waals surface area (Å²) in [7, 11) is 0. The Labute approximate surface area is 117 Å². The Morgan fingerprint density at radius 1 is 1.20 bits per heavy atom. The van der Waals surface area contributed by atoms with Gasteiger partial charge in [0.2, 0.25) is 0 Å². The van der Waals surface area contributed by atoms with Crippen molar-refractivity contribution in [3.05, 3.63) is 29.8 Å². The van der Waals surface area contributed by atoms with Crippen molar-refractivity contribution in [2.45, 2.75) is 39.1 Å². The number of hydrogen-bond donors (Lipinski definition) is 1. The summed E-state index contributed by atoms with van der Waals surface area (Å²) in [6.07, 6.45) is -1.99. The van der Waals surface area contributed by atoms with Crippen LogP contribution in [-0.4, -0.2) is 12.9 Å². The molecule has 0 heterocycles. The zero-order chi connectivity index (χ0) is 14.8. The van der Waals surface area contributed by atoms with Gasteiger partial charge in [-0.15, -0.1) is 13.2 Å². The van der Waals surface area contributed by atoms with Gasteiger partial charge < -0.3 is 10.1 Å². The number of nitrogens with one attached hydrogen (secondary N) is 1. The number of halogens is 3. The summed E-state index contributed by atoms with van der Waals surface area (Å²) in [5.41, 5.74) is 0.961. The molecule has 0 spiro atoms. The fourth-order valence-corrected chi connectivity index (χ4v) is 2.27. The van der Waals surface area contributed by atoms with Gasteiger partial charge in [0.05, 0.1) is 0 Å². The van der Waals surface area contributed by atoms with Crippen LogP contribution in [-0.2, 0) is 0 Å². The highest BCUT2D eigenvalue weighted by Crippen LogP contribution is 2.36. The second-order valence-corrected chi connectivity index (χ2v) is 5.56. The third-order valence-electron chi connectivity index (χ3n) is 3.79. The first-order chi connectivity index (χ1) is 9.35. The van der Waals surface area contributed by atoms with Crippen LogP contribution in [0.3, 0.4) is 0 Å². The highest BCUT2D eigenvalue weighted by Gasteiger charge is 2.31. The third-order valence-corrected chi connectivity index (χ3v) is 3.79. The van der Waals surface area contributed by atoms with Crippen molar-refractivity contribution in [3.63, 3.8) is 0 Å². The fourth-order valence-electron chi connectivity index (χ4n) is 2.27. The Hall–Kier alpha value is -1.23. The quantitative estimate of drug-likeness (QED) is 0.843. The molecule has 1 saturated carbocycles. The van der Waals surface area contributed by atoms with Gasteiger partial charge >= 0.3 is 6.36 Å². The van der Waals surface area contributed by atoms with Gasteiger partial charge in [-0.3, -0.25) is 0 Å². The standard InChI is InChI=1S/C15H20F3NO/c1-10(12-3-4-12)9-19-11(2)13-5-7-14(8-6-13)20-15(16,17)18/h5-8,10-12,19H,3-4,9H2,1-2H3. The van der Waals surface area contributed by atoms with Crippen LogP contribution >= 0.6 is 0 Å². The molecule has 112 valence electrons. The highest BCUT2D eigenvalue weighted by molar-refractivity contribution is 5.29. The summed E-state index contributed by atoms with van der Waals surface area (Å²) in [5.74, 6) is 1.32. The Bertz CT molecular complexity index is 426. The van der Waals surface area contributed by atoms with Gasteiger partial charge in [-0.2, -0.15) is 0 Å². The molecule has 1 aromatic carbocycles. The third kappa shape index (κ3) is 4.71. The Kier molecular flexibility index (Phi) is 4.58. The van der Waals surface area contributed by atoms with Crippen LogP contribution in [0.1, 0.15) is 38.3 Å². The van der Waals surface area contributed by atoms with Gasteiger partial charge in [0.25, 0.3) is 0 Å². The molecule has 2 rings (SSSR count). The van der Waals surface area contributed by atoms with Crippen molar-refractivity contribution in [2.24, 2.45) is 11.8 Å². The summed E-state index contributed by atoms with van der Waals surface area (Å²) < 4.78 is 40.0. The van der Waals surface area contributed by atoms with E-state index in [2.05, 4.69) is 17.0 Å². The van der Waals surface area contributed by atoms with Crippen molar-refractivity contribution < 1.29 is 17.9 Å². The minimum absolute atomic E-state index is 0.121. The molecule has 1 aromatic rings. The maximum absolute atomic E-state index is 12.1. The van der Waals surface area contributed by atoms with Crippen LogP contribution in [0.4, 0.5) is 13.2 Å². The average Bonchev–Trinajstić information content (AvgIpc) is 3.18. The fraction of sp³-hybridized carbons (Fsp3) is 0.600. The van der Waals surface area contributed by atoms with Crippen molar-refractivity contribution in [1.82, 2.24) is 5.32 Å². The smallest absolute Gasteiger partial charge is 0.406 e. The summed E-state index contributed by atoms with van der Waals surface area (Å²) >= 11 is 0. The molecule has 1 aliphatic carbocycles. The van der Waals surface area contributed by atoms with Crippen LogP contribution in [0.5, 0.6) is 5.75 Å². The molecule has 20 heavy (non-hydrogen) atoms. The van der Waals surface area contributed by atoms with Crippen LogP contribution in [0.2, 0.25) is 0 Å². The minimum atomic E-state index is -4.63.